The van der Waals surface area contributed by atoms with Crippen molar-refractivity contribution in [2.45, 2.75) is 12.8 Å². The van der Waals surface area contributed by atoms with Gasteiger partial charge in [0.15, 0.2) is 0 Å². The SMILES string of the molecule is O=C1NC2=CCCc3cccc1c32. The van der Waals surface area contributed by atoms with Crippen molar-refractivity contribution in [1.29, 1.82) is 0 Å². The van der Waals surface area contributed by atoms with Crippen molar-refractivity contribution in [3.63, 3.8) is 0 Å². The highest BCUT2D eigenvalue weighted by atomic mass is 16.1. The molecule has 1 N–H and O–H groups in total. The molecule has 0 aromatic heterocycles. The van der Waals surface area contributed by atoms with Crippen molar-refractivity contribution in [3.05, 3.63) is 41.0 Å². The molecule has 2 nitrogen and oxygen atoms in total. The van der Waals surface area contributed by atoms with Gasteiger partial charge in [0.2, 0.25) is 0 Å². The summed E-state index contributed by atoms with van der Waals surface area (Å²) in [7, 11) is 0. The van der Waals surface area contributed by atoms with Crippen LogP contribution in [-0.4, -0.2) is 5.91 Å². The molecule has 0 bridgehead atoms. The van der Waals surface area contributed by atoms with E-state index < -0.39 is 0 Å². The van der Waals surface area contributed by atoms with Crippen LogP contribution in [0.25, 0.3) is 5.70 Å². The lowest BCUT2D eigenvalue weighted by atomic mass is 9.93. The molecule has 0 radical (unpaired) electrons. The predicted molar refractivity (Wildman–Crippen MR) is 50.2 cm³/mol. The Morgan fingerprint density at radius 3 is 3.15 bits per heavy atom. The van der Waals surface area contributed by atoms with Crippen LogP contribution in [0.3, 0.4) is 0 Å². The van der Waals surface area contributed by atoms with E-state index in [1.807, 2.05) is 12.1 Å². The molecule has 1 aromatic rings. The third-order valence-electron chi connectivity index (χ3n) is 2.68. The number of carbonyl (C=O) groups is 1. The zero-order valence-corrected chi connectivity index (χ0v) is 7.13. The molecule has 0 saturated heterocycles. The fourth-order valence-electron chi connectivity index (χ4n) is 2.09. The summed E-state index contributed by atoms with van der Waals surface area (Å²) < 4.78 is 0. The number of amides is 1. The van der Waals surface area contributed by atoms with Crippen molar-refractivity contribution in [2.75, 3.05) is 0 Å². The number of hydrogen-bond donors (Lipinski definition) is 1. The second-order valence-corrected chi connectivity index (χ2v) is 3.45. The molecule has 1 heterocycles. The van der Waals surface area contributed by atoms with Gasteiger partial charge in [-0.05, 0) is 24.5 Å². The van der Waals surface area contributed by atoms with Crippen LogP contribution in [-0.2, 0) is 6.42 Å². The number of benzene rings is 1. The predicted octanol–water partition coefficient (Wildman–Crippen LogP) is 1.72. The third kappa shape index (κ3) is 0.800. The lowest BCUT2D eigenvalue weighted by Gasteiger charge is -2.11. The minimum absolute atomic E-state index is 0.0463. The van der Waals surface area contributed by atoms with Crippen molar-refractivity contribution in [3.8, 4) is 0 Å². The maximum absolute atomic E-state index is 11.5. The summed E-state index contributed by atoms with van der Waals surface area (Å²) >= 11 is 0. The Balaban J connectivity index is 2.38. The van der Waals surface area contributed by atoms with Crippen LogP contribution in [0, 0.1) is 0 Å². The lowest BCUT2D eigenvalue weighted by Crippen LogP contribution is -2.12. The normalized spacial score (nSPS) is 17.8. The standard InChI is InChI=1S/C11H9NO/c13-11-8-5-1-3-7-4-2-6-9(12-11)10(7)8/h1,3,5-6H,2,4H2,(H,12,13). The van der Waals surface area contributed by atoms with Gasteiger partial charge in [-0.1, -0.05) is 18.2 Å². The largest absolute Gasteiger partial charge is 0.322 e. The fourth-order valence-corrected chi connectivity index (χ4v) is 2.09. The van der Waals surface area contributed by atoms with Gasteiger partial charge in [0.1, 0.15) is 0 Å². The Bertz CT molecular complexity index is 432. The first kappa shape index (κ1) is 6.89. The first-order chi connectivity index (χ1) is 6.36. The van der Waals surface area contributed by atoms with Crippen LogP contribution < -0.4 is 5.32 Å². The number of allylic oxidation sites excluding steroid dienone is 1. The molecule has 1 aliphatic carbocycles. The molecular formula is C11H9NO. The summed E-state index contributed by atoms with van der Waals surface area (Å²) in [4.78, 5) is 11.5. The minimum atomic E-state index is 0.0463. The summed E-state index contributed by atoms with van der Waals surface area (Å²) in [6, 6.07) is 5.95. The molecule has 13 heavy (non-hydrogen) atoms. The van der Waals surface area contributed by atoms with E-state index in [4.69, 9.17) is 0 Å². The van der Waals surface area contributed by atoms with E-state index in [2.05, 4.69) is 17.5 Å². The Morgan fingerprint density at radius 2 is 2.23 bits per heavy atom. The highest BCUT2D eigenvalue weighted by Crippen LogP contribution is 2.32. The molecule has 2 heteroatoms. The quantitative estimate of drug-likeness (QED) is 0.632. The fraction of sp³-hybridized carbons (Fsp3) is 0.182. The van der Waals surface area contributed by atoms with Crippen LogP contribution in [0.1, 0.15) is 27.9 Å². The zero-order chi connectivity index (χ0) is 8.84. The van der Waals surface area contributed by atoms with Gasteiger partial charge in [-0.15, -0.1) is 0 Å². The highest BCUT2D eigenvalue weighted by molar-refractivity contribution is 6.10. The summed E-state index contributed by atoms with van der Waals surface area (Å²) in [5.41, 5.74) is 4.29. The van der Waals surface area contributed by atoms with E-state index >= 15 is 0 Å². The van der Waals surface area contributed by atoms with E-state index in [9.17, 15) is 4.79 Å². The van der Waals surface area contributed by atoms with Crippen LogP contribution >= 0.6 is 0 Å². The van der Waals surface area contributed by atoms with Crippen LogP contribution in [0.15, 0.2) is 24.3 Å². The van der Waals surface area contributed by atoms with Gasteiger partial charge < -0.3 is 5.32 Å². The Hall–Kier alpha value is -1.57. The molecule has 0 saturated carbocycles. The van der Waals surface area contributed by atoms with Crippen LogP contribution in [0.4, 0.5) is 0 Å². The molecule has 0 spiro atoms. The molecule has 0 atom stereocenters. The molecule has 1 aromatic carbocycles. The van der Waals surface area contributed by atoms with Gasteiger partial charge in [-0.25, -0.2) is 0 Å². The van der Waals surface area contributed by atoms with Gasteiger partial charge in [0.25, 0.3) is 5.91 Å². The lowest BCUT2D eigenvalue weighted by molar-refractivity contribution is 0.0981. The monoisotopic (exact) mass is 171 g/mol. The van der Waals surface area contributed by atoms with Gasteiger partial charge in [0, 0.05) is 16.8 Å². The van der Waals surface area contributed by atoms with E-state index in [1.165, 1.54) is 5.56 Å². The number of hydrogen-bond acceptors (Lipinski definition) is 1. The topological polar surface area (TPSA) is 29.1 Å². The van der Waals surface area contributed by atoms with E-state index in [0.29, 0.717) is 0 Å². The average molecular weight is 171 g/mol. The van der Waals surface area contributed by atoms with Gasteiger partial charge in [-0.2, -0.15) is 0 Å². The van der Waals surface area contributed by atoms with Gasteiger partial charge >= 0.3 is 0 Å². The molecular weight excluding hydrogens is 162 g/mol. The summed E-state index contributed by atoms with van der Waals surface area (Å²) in [5, 5.41) is 2.88. The molecule has 2 aliphatic rings. The molecule has 0 fully saturated rings. The summed E-state index contributed by atoms with van der Waals surface area (Å²) in [6.45, 7) is 0. The molecule has 0 unspecified atom stereocenters. The Labute approximate surface area is 76.3 Å². The van der Waals surface area contributed by atoms with Crippen LogP contribution in [0.5, 0.6) is 0 Å². The van der Waals surface area contributed by atoms with Gasteiger partial charge in [0.05, 0.1) is 0 Å². The smallest absolute Gasteiger partial charge is 0.256 e. The Kier molecular flexibility index (Phi) is 1.18. The maximum Gasteiger partial charge on any atom is 0.256 e. The zero-order valence-electron chi connectivity index (χ0n) is 7.13. The van der Waals surface area contributed by atoms with Crippen molar-refractivity contribution in [1.82, 2.24) is 5.32 Å². The third-order valence-corrected chi connectivity index (χ3v) is 2.68. The number of aryl methyl sites for hydroxylation is 1. The second kappa shape index (κ2) is 2.22. The van der Waals surface area contributed by atoms with Crippen molar-refractivity contribution in [2.24, 2.45) is 0 Å². The molecule has 3 rings (SSSR count). The average Bonchev–Trinajstić information content (AvgIpc) is 2.47. The Morgan fingerprint density at radius 1 is 1.31 bits per heavy atom. The maximum atomic E-state index is 11.5. The van der Waals surface area contributed by atoms with Crippen LogP contribution in [0.2, 0.25) is 0 Å². The van der Waals surface area contributed by atoms with Gasteiger partial charge in [-0.3, -0.25) is 4.79 Å². The van der Waals surface area contributed by atoms with E-state index in [0.717, 1.165) is 29.7 Å². The number of nitrogens with one attached hydrogen (secondary N) is 1. The molecule has 64 valence electrons. The highest BCUT2D eigenvalue weighted by Gasteiger charge is 2.27. The number of carbonyl (C=O) groups excluding carboxylic acids is 1. The summed E-state index contributed by atoms with van der Waals surface area (Å²) in [6.07, 6.45) is 4.20. The van der Waals surface area contributed by atoms with E-state index in [-0.39, 0.29) is 5.91 Å². The van der Waals surface area contributed by atoms with Crippen molar-refractivity contribution >= 4 is 11.6 Å². The van der Waals surface area contributed by atoms with Crippen molar-refractivity contribution < 1.29 is 4.79 Å². The molecule has 1 aliphatic heterocycles. The first-order valence-corrected chi connectivity index (χ1v) is 4.50. The second-order valence-electron chi connectivity index (χ2n) is 3.45. The molecule has 1 amide bonds. The number of rotatable bonds is 0. The summed E-state index contributed by atoms with van der Waals surface area (Å²) in [5.74, 6) is 0.0463. The minimum Gasteiger partial charge on any atom is -0.322 e. The van der Waals surface area contributed by atoms with E-state index in [1.54, 1.807) is 0 Å². The first-order valence-electron chi connectivity index (χ1n) is 4.50.